The van der Waals surface area contributed by atoms with Crippen molar-refractivity contribution >= 4 is 5.97 Å². The fraction of sp³-hybridized carbons (Fsp3) is 0.500. The predicted octanol–water partition coefficient (Wildman–Crippen LogP) is 4.04. The Labute approximate surface area is 128 Å². The van der Waals surface area contributed by atoms with Gasteiger partial charge in [0.25, 0.3) is 0 Å². The molecular weight excluding hydrogens is 264 g/mol. The average molecular weight is 290 g/mol. The summed E-state index contributed by atoms with van der Waals surface area (Å²) in [5, 5.41) is 0. The van der Waals surface area contributed by atoms with Crippen LogP contribution in [0.25, 0.3) is 0 Å². The van der Waals surface area contributed by atoms with E-state index in [0.29, 0.717) is 12.2 Å². The summed E-state index contributed by atoms with van der Waals surface area (Å²) in [6.07, 6.45) is 2.75. The van der Waals surface area contributed by atoms with Gasteiger partial charge in [0.1, 0.15) is 12.4 Å². The molecule has 0 aliphatic heterocycles. The molecule has 0 fully saturated rings. The molecule has 0 saturated heterocycles. The lowest BCUT2D eigenvalue weighted by molar-refractivity contribution is -0.136. The van der Waals surface area contributed by atoms with Crippen molar-refractivity contribution in [3.63, 3.8) is 0 Å². The smallest absolute Gasteiger partial charge is 0.333 e. The molecule has 3 heteroatoms. The molecule has 0 heterocycles. The second-order valence-electron chi connectivity index (χ2n) is 6.12. The predicted molar refractivity (Wildman–Crippen MR) is 85.8 cm³/mol. The summed E-state index contributed by atoms with van der Waals surface area (Å²) in [6, 6.07) is 6.30. The van der Waals surface area contributed by atoms with E-state index in [4.69, 9.17) is 4.74 Å². The molecule has 0 unspecified atom stereocenters. The zero-order chi connectivity index (χ0) is 16.0. The number of aryl methyl sites for hydroxylation is 1. The van der Waals surface area contributed by atoms with Crippen LogP contribution in [0.5, 0.6) is 5.75 Å². The Bertz CT molecular complexity index is 522. The third kappa shape index (κ3) is 4.92. The summed E-state index contributed by atoms with van der Waals surface area (Å²) in [5.41, 5.74) is 3.06. The van der Waals surface area contributed by atoms with E-state index in [1.807, 2.05) is 6.07 Å². The number of hydrogen-bond donors (Lipinski definition) is 0. The molecule has 0 radical (unpaired) electrons. The van der Waals surface area contributed by atoms with Crippen LogP contribution in [0.2, 0.25) is 0 Å². The minimum Gasteiger partial charge on any atom is -0.489 e. The maximum atomic E-state index is 11.3. The molecule has 1 aromatic carbocycles. The highest BCUT2D eigenvalue weighted by molar-refractivity contribution is 5.87. The molecule has 0 bridgehead atoms. The van der Waals surface area contributed by atoms with Gasteiger partial charge in [0.05, 0.1) is 7.11 Å². The largest absolute Gasteiger partial charge is 0.489 e. The van der Waals surface area contributed by atoms with E-state index >= 15 is 0 Å². The van der Waals surface area contributed by atoms with Crippen LogP contribution in [-0.4, -0.2) is 19.7 Å². The van der Waals surface area contributed by atoms with Crippen LogP contribution >= 0.6 is 0 Å². The molecule has 0 aliphatic carbocycles. The van der Waals surface area contributed by atoms with E-state index in [-0.39, 0.29) is 11.4 Å². The van der Waals surface area contributed by atoms with Crippen LogP contribution in [0.1, 0.15) is 45.7 Å². The van der Waals surface area contributed by atoms with Gasteiger partial charge in [-0.25, -0.2) is 4.79 Å². The van der Waals surface area contributed by atoms with Gasteiger partial charge in [-0.2, -0.15) is 0 Å². The van der Waals surface area contributed by atoms with Gasteiger partial charge in [0.2, 0.25) is 0 Å². The zero-order valence-corrected chi connectivity index (χ0v) is 13.9. The van der Waals surface area contributed by atoms with Crippen molar-refractivity contribution in [2.75, 3.05) is 13.7 Å². The van der Waals surface area contributed by atoms with Crippen molar-refractivity contribution in [3.8, 4) is 5.75 Å². The number of methoxy groups -OCH3 is 1. The zero-order valence-electron chi connectivity index (χ0n) is 13.9. The number of ether oxygens (including phenoxy) is 2. The third-order valence-electron chi connectivity index (χ3n) is 3.40. The number of carbonyl (C=O) groups is 1. The van der Waals surface area contributed by atoms with Crippen molar-refractivity contribution < 1.29 is 14.3 Å². The van der Waals surface area contributed by atoms with E-state index < -0.39 is 0 Å². The topological polar surface area (TPSA) is 35.5 Å². The van der Waals surface area contributed by atoms with Crippen LogP contribution in [0, 0.1) is 0 Å². The average Bonchev–Trinajstić information content (AvgIpc) is 2.45. The van der Waals surface area contributed by atoms with E-state index in [1.165, 1.54) is 18.2 Å². The van der Waals surface area contributed by atoms with Crippen LogP contribution in [0.3, 0.4) is 0 Å². The maximum absolute atomic E-state index is 11.3. The molecule has 0 spiro atoms. The van der Waals surface area contributed by atoms with Gasteiger partial charge in [-0.15, -0.1) is 0 Å². The number of hydrogen-bond acceptors (Lipinski definition) is 3. The molecule has 0 aliphatic rings. The fourth-order valence-corrected chi connectivity index (χ4v) is 2.01. The number of esters is 1. The molecule has 0 atom stereocenters. The molecule has 0 amide bonds. The molecule has 116 valence electrons. The Morgan fingerprint density at radius 2 is 1.95 bits per heavy atom. The normalized spacial score (nSPS) is 12.2. The molecule has 3 nitrogen and oxygen atoms in total. The van der Waals surface area contributed by atoms with Crippen LogP contribution in [0.4, 0.5) is 0 Å². The van der Waals surface area contributed by atoms with Crippen molar-refractivity contribution in [2.45, 2.75) is 46.5 Å². The molecule has 0 N–H and O–H groups in total. The Hall–Kier alpha value is -1.77. The van der Waals surface area contributed by atoms with E-state index in [0.717, 1.165) is 12.2 Å². The first kappa shape index (κ1) is 17.3. The molecule has 1 aromatic rings. The second-order valence-corrected chi connectivity index (χ2v) is 6.12. The first-order valence-electron chi connectivity index (χ1n) is 7.30. The molecule has 1 rings (SSSR count). The summed E-state index contributed by atoms with van der Waals surface area (Å²) in [7, 11) is 1.38. The highest BCUT2D eigenvalue weighted by Gasteiger charge is 2.19. The van der Waals surface area contributed by atoms with Gasteiger partial charge in [0.15, 0.2) is 0 Å². The highest BCUT2D eigenvalue weighted by atomic mass is 16.5. The summed E-state index contributed by atoms with van der Waals surface area (Å²) in [6.45, 7) is 10.7. The maximum Gasteiger partial charge on any atom is 0.333 e. The quantitative estimate of drug-likeness (QED) is 0.606. The standard InChI is InChI=1S/C18H26O3/c1-7-14-8-9-16(15(12-14)18(3,4)5)21-11-10-13(2)17(19)20-6/h8-10,12H,7,11H2,1-6H3. The Morgan fingerprint density at radius 1 is 1.29 bits per heavy atom. The summed E-state index contributed by atoms with van der Waals surface area (Å²) < 4.78 is 10.5. The van der Waals surface area contributed by atoms with Crippen molar-refractivity contribution in [1.82, 2.24) is 0 Å². The lowest BCUT2D eigenvalue weighted by Gasteiger charge is -2.23. The van der Waals surface area contributed by atoms with E-state index in [2.05, 4.69) is 44.6 Å². The van der Waals surface area contributed by atoms with Crippen molar-refractivity contribution in [2.24, 2.45) is 0 Å². The van der Waals surface area contributed by atoms with Crippen molar-refractivity contribution in [3.05, 3.63) is 41.0 Å². The van der Waals surface area contributed by atoms with Gasteiger partial charge < -0.3 is 9.47 Å². The molecule has 0 aromatic heterocycles. The van der Waals surface area contributed by atoms with Crippen molar-refractivity contribution in [1.29, 1.82) is 0 Å². The van der Waals surface area contributed by atoms with E-state index in [9.17, 15) is 4.79 Å². The SMILES string of the molecule is CCc1ccc(OCC=C(C)C(=O)OC)c(C(C)(C)C)c1. The number of rotatable bonds is 5. The second kappa shape index (κ2) is 7.30. The number of benzene rings is 1. The first-order valence-corrected chi connectivity index (χ1v) is 7.30. The third-order valence-corrected chi connectivity index (χ3v) is 3.40. The lowest BCUT2D eigenvalue weighted by Crippen LogP contribution is -2.14. The summed E-state index contributed by atoms with van der Waals surface area (Å²) in [5.74, 6) is 0.546. The highest BCUT2D eigenvalue weighted by Crippen LogP contribution is 2.32. The van der Waals surface area contributed by atoms with Gasteiger partial charge in [0, 0.05) is 5.57 Å². The summed E-state index contributed by atoms with van der Waals surface area (Å²) >= 11 is 0. The van der Waals surface area contributed by atoms with Crippen LogP contribution < -0.4 is 4.74 Å². The Morgan fingerprint density at radius 3 is 2.48 bits per heavy atom. The Balaban J connectivity index is 2.91. The van der Waals surface area contributed by atoms with Gasteiger partial charge >= 0.3 is 5.97 Å². The minimum absolute atomic E-state index is 0.0155. The molecule has 21 heavy (non-hydrogen) atoms. The molecule has 0 saturated carbocycles. The van der Waals surface area contributed by atoms with Crippen LogP contribution in [0.15, 0.2) is 29.8 Å². The van der Waals surface area contributed by atoms with Gasteiger partial charge in [-0.05, 0) is 42.0 Å². The van der Waals surface area contributed by atoms with E-state index in [1.54, 1.807) is 13.0 Å². The Kier molecular flexibility index (Phi) is 6.01. The first-order chi connectivity index (χ1) is 9.79. The van der Waals surface area contributed by atoms with Gasteiger partial charge in [-0.1, -0.05) is 39.8 Å². The fourth-order valence-electron chi connectivity index (χ4n) is 2.01. The summed E-state index contributed by atoms with van der Waals surface area (Å²) in [4.78, 5) is 11.3. The lowest BCUT2D eigenvalue weighted by atomic mass is 9.85. The number of carbonyl (C=O) groups excluding carboxylic acids is 1. The van der Waals surface area contributed by atoms with Crippen LogP contribution in [-0.2, 0) is 21.4 Å². The minimum atomic E-state index is -0.323. The van der Waals surface area contributed by atoms with Gasteiger partial charge in [-0.3, -0.25) is 0 Å². The monoisotopic (exact) mass is 290 g/mol. The molecular formula is C18H26O3.